The van der Waals surface area contributed by atoms with Crippen LogP contribution in [0.1, 0.15) is 49.4 Å². The van der Waals surface area contributed by atoms with Gasteiger partial charge in [0, 0.05) is 11.6 Å². The predicted octanol–water partition coefficient (Wildman–Crippen LogP) is 3.69. The molecule has 0 bridgehead atoms. The molecule has 154 valence electrons. The van der Waals surface area contributed by atoms with E-state index < -0.39 is 23.7 Å². The standard InChI is InChI=1S/C21H24FN3O4/c1-13(23-21(28)15-9-10-29-12-15)19(26)24-16-7-8-17(22)18(11-16)25-20(27)14-5-3-2-4-6-14/h7-14H,2-6H2,1H3,(H,23,28)(H,24,26)(H,25,27)/t13-/m0/s1. The molecular formula is C21H24FN3O4. The van der Waals surface area contributed by atoms with Gasteiger partial charge in [0.15, 0.2) is 0 Å². The van der Waals surface area contributed by atoms with E-state index >= 15 is 0 Å². The van der Waals surface area contributed by atoms with Gasteiger partial charge in [0.2, 0.25) is 11.8 Å². The van der Waals surface area contributed by atoms with Crippen molar-refractivity contribution in [2.45, 2.75) is 45.1 Å². The van der Waals surface area contributed by atoms with Gasteiger partial charge in [0.1, 0.15) is 18.1 Å². The number of amides is 3. The number of halogens is 1. The third-order valence-corrected chi connectivity index (χ3v) is 4.99. The van der Waals surface area contributed by atoms with Crippen LogP contribution >= 0.6 is 0 Å². The zero-order chi connectivity index (χ0) is 20.8. The fraction of sp³-hybridized carbons (Fsp3) is 0.381. The van der Waals surface area contributed by atoms with Gasteiger partial charge in [0.25, 0.3) is 5.91 Å². The summed E-state index contributed by atoms with van der Waals surface area (Å²) in [5.41, 5.74) is 0.646. The molecule has 1 aliphatic rings. The molecule has 1 atom stereocenters. The number of carbonyl (C=O) groups is 3. The molecule has 29 heavy (non-hydrogen) atoms. The molecule has 1 aromatic heterocycles. The maximum atomic E-state index is 14.1. The molecule has 1 aromatic carbocycles. The second-order valence-corrected chi connectivity index (χ2v) is 7.22. The summed E-state index contributed by atoms with van der Waals surface area (Å²) in [7, 11) is 0. The largest absolute Gasteiger partial charge is 0.472 e. The Labute approximate surface area is 168 Å². The highest BCUT2D eigenvalue weighted by Crippen LogP contribution is 2.26. The van der Waals surface area contributed by atoms with Crippen LogP contribution in [0, 0.1) is 11.7 Å². The zero-order valence-corrected chi connectivity index (χ0v) is 16.2. The monoisotopic (exact) mass is 401 g/mol. The van der Waals surface area contributed by atoms with Gasteiger partial charge in [-0.15, -0.1) is 0 Å². The van der Waals surface area contributed by atoms with E-state index in [1.54, 1.807) is 0 Å². The predicted molar refractivity (Wildman–Crippen MR) is 106 cm³/mol. The minimum absolute atomic E-state index is 0.0217. The summed E-state index contributed by atoms with van der Waals surface area (Å²) < 4.78 is 19.0. The lowest BCUT2D eigenvalue weighted by Gasteiger charge is -2.21. The topological polar surface area (TPSA) is 100 Å². The summed E-state index contributed by atoms with van der Waals surface area (Å²) in [6, 6.07) is 4.61. The molecule has 3 amide bonds. The molecule has 1 fully saturated rings. The van der Waals surface area contributed by atoms with Gasteiger partial charge >= 0.3 is 0 Å². The highest BCUT2D eigenvalue weighted by atomic mass is 19.1. The van der Waals surface area contributed by atoms with Crippen LogP contribution in [0.3, 0.4) is 0 Å². The first-order valence-corrected chi connectivity index (χ1v) is 9.68. The number of furan rings is 1. The van der Waals surface area contributed by atoms with Crippen LogP contribution < -0.4 is 16.0 Å². The van der Waals surface area contributed by atoms with E-state index in [-0.39, 0.29) is 17.5 Å². The molecular weight excluding hydrogens is 377 g/mol. The first kappa shape index (κ1) is 20.6. The van der Waals surface area contributed by atoms with Crippen LogP contribution in [0.4, 0.5) is 15.8 Å². The molecule has 1 saturated carbocycles. The van der Waals surface area contributed by atoms with E-state index in [1.807, 2.05) is 0 Å². The lowest BCUT2D eigenvalue weighted by Crippen LogP contribution is -2.41. The Balaban J connectivity index is 1.60. The molecule has 1 aliphatic carbocycles. The Morgan fingerprint density at radius 1 is 1.10 bits per heavy atom. The van der Waals surface area contributed by atoms with Gasteiger partial charge < -0.3 is 20.4 Å². The lowest BCUT2D eigenvalue weighted by molar-refractivity contribution is -0.120. The van der Waals surface area contributed by atoms with E-state index in [2.05, 4.69) is 16.0 Å². The van der Waals surface area contributed by atoms with E-state index in [0.29, 0.717) is 11.3 Å². The van der Waals surface area contributed by atoms with E-state index in [4.69, 9.17) is 4.42 Å². The maximum absolute atomic E-state index is 14.1. The van der Waals surface area contributed by atoms with E-state index in [0.717, 1.165) is 32.1 Å². The maximum Gasteiger partial charge on any atom is 0.255 e. The quantitative estimate of drug-likeness (QED) is 0.687. The number of benzene rings is 1. The van der Waals surface area contributed by atoms with Crippen molar-refractivity contribution in [3.63, 3.8) is 0 Å². The van der Waals surface area contributed by atoms with Crippen LogP contribution in [0.25, 0.3) is 0 Å². The van der Waals surface area contributed by atoms with E-state index in [1.165, 1.54) is 43.7 Å². The van der Waals surface area contributed by atoms with Crippen molar-refractivity contribution >= 4 is 29.1 Å². The van der Waals surface area contributed by atoms with Gasteiger partial charge in [-0.1, -0.05) is 19.3 Å². The molecule has 1 heterocycles. The van der Waals surface area contributed by atoms with E-state index in [9.17, 15) is 18.8 Å². The van der Waals surface area contributed by atoms with Crippen LogP contribution in [-0.4, -0.2) is 23.8 Å². The van der Waals surface area contributed by atoms with Gasteiger partial charge in [-0.3, -0.25) is 14.4 Å². The highest BCUT2D eigenvalue weighted by molar-refractivity contribution is 6.01. The van der Waals surface area contributed by atoms with Crippen molar-refractivity contribution in [2.24, 2.45) is 5.92 Å². The number of hydrogen-bond acceptors (Lipinski definition) is 4. The SMILES string of the molecule is C[C@H](NC(=O)c1ccoc1)C(=O)Nc1ccc(F)c(NC(=O)C2CCCCC2)c1. The van der Waals surface area contributed by atoms with Crippen molar-refractivity contribution in [3.8, 4) is 0 Å². The van der Waals surface area contributed by atoms with Crippen LogP contribution in [0.15, 0.2) is 41.2 Å². The average Bonchev–Trinajstić information content (AvgIpc) is 3.26. The number of rotatable bonds is 6. The molecule has 0 saturated heterocycles. The van der Waals surface area contributed by atoms with Crippen molar-refractivity contribution < 1.29 is 23.2 Å². The van der Waals surface area contributed by atoms with Gasteiger partial charge in [-0.2, -0.15) is 0 Å². The van der Waals surface area contributed by atoms with Gasteiger partial charge in [0.05, 0.1) is 17.5 Å². The Bertz CT molecular complexity index is 876. The van der Waals surface area contributed by atoms with Crippen molar-refractivity contribution in [1.29, 1.82) is 0 Å². The average molecular weight is 401 g/mol. The Kier molecular flexibility index (Phi) is 6.64. The summed E-state index contributed by atoms with van der Waals surface area (Å²) >= 11 is 0. The first-order chi connectivity index (χ1) is 13.9. The first-order valence-electron chi connectivity index (χ1n) is 9.68. The summed E-state index contributed by atoms with van der Waals surface area (Å²) in [6.45, 7) is 1.53. The minimum atomic E-state index is -0.831. The van der Waals surface area contributed by atoms with Gasteiger partial charge in [-0.05, 0) is 44.0 Å². The Morgan fingerprint density at radius 3 is 2.55 bits per heavy atom. The second kappa shape index (κ2) is 9.36. The molecule has 0 radical (unpaired) electrons. The van der Waals surface area contributed by atoms with Crippen molar-refractivity contribution in [2.75, 3.05) is 10.6 Å². The lowest BCUT2D eigenvalue weighted by atomic mass is 9.88. The zero-order valence-electron chi connectivity index (χ0n) is 16.2. The number of nitrogens with one attached hydrogen (secondary N) is 3. The summed E-state index contributed by atoms with van der Waals surface area (Å²) in [5.74, 6) is -1.81. The fourth-order valence-corrected chi connectivity index (χ4v) is 3.29. The normalized spacial score (nSPS) is 15.4. The third-order valence-electron chi connectivity index (χ3n) is 4.99. The number of hydrogen-bond donors (Lipinski definition) is 3. The molecule has 2 aromatic rings. The van der Waals surface area contributed by atoms with Crippen LogP contribution in [0.2, 0.25) is 0 Å². The number of anilines is 2. The second-order valence-electron chi connectivity index (χ2n) is 7.22. The van der Waals surface area contributed by atoms with Crippen molar-refractivity contribution in [1.82, 2.24) is 5.32 Å². The fourth-order valence-electron chi connectivity index (χ4n) is 3.29. The molecule has 8 heteroatoms. The smallest absolute Gasteiger partial charge is 0.255 e. The van der Waals surface area contributed by atoms with Crippen LogP contribution in [0.5, 0.6) is 0 Å². The number of carbonyl (C=O) groups excluding carboxylic acids is 3. The van der Waals surface area contributed by atoms with Gasteiger partial charge in [-0.25, -0.2) is 4.39 Å². The molecule has 7 nitrogen and oxygen atoms in total. The van der Waals surface area contributed by atoms with Crippen molar-refractivity contribution in [3.05, 3.63) is 48.2 Å². The highest BCUT2D eigenvalue weighted by Gasteiger charge is 2.22. The summed E-state index contributed by atoms with van der Waals surface area (Å²) in [4.78, 5) is 36.7. The molecule has 3 rings (SSSR count). The Hall–Kier alpha value is -3.16. The molecule has 0 aliphatic heterocycles. The Morgan fingerprint density at radius 2 is 1.86 bits per heavy atom. The molecule has 0 unspecified atom stereocenters. The minimum Gasteiger partial charge on any atom is -0.472 e. The third kappa shape index (κ3) is 5.43. The van der Waals surface area contributed by atoms with Crippen LogP contribution in [-0.2, 0) is 9.59 Å². The molecule has 0 spiro atoms. The molecule has 3 N–H and O–H groups in total. The summed E-state index contributed by atoms with van der Waals surface area (Å²) in [6.07, 6.45) is 7.37. The summed E-state index contributed by atoms with van der Waals surface area (Å²) in [5, 5.41) is 7.79.